The number of carbonyl (C=O) groups excluding carboxylic acids is 1. The zero-order chi connectivity index (χ0) is 11.8. The number of carbonyl (C=O) groups is 1. The number of esters is 1. The molecule has 5 nitrogen and oxygen atoms in total. The van der Waals surface area contributed by atoms with E-state index in [1.165, 1.54) is 6.21 Å². The van der Waals surface area contributed by atoms with Gasteiger partial charge in [-0.1, -0.05) is 0 Å². The molecule has 0 bridgehead atoms. The summed E-state index contributed by atoms with van der Waals surface area (Å²) in [6.45, 7) is 3.27. The Hall–Kier alpha value is -1.41. The maximum Gasteiger partial charge on any atom is 0.328 e. The molecule has 0 radical (unpaired) electrons. The average Bonchev–Trinajstić information content (AvgIpc) is 2.77. The lowest BCUT2D eigenvalue weighted by atomic mass is 10.2. The molecule has 1 fully saturated rings. The van der Waals surface area contributed by atoms with Gasteiger partial charge in [-0.3, -0.25) is 9.79 Å². The Morgan fingerprint density at radius 3 is 3.19 bits per heavy atom. The third kappa shape index (κ3) is 3.99. The molecule has 88 valence electrons. The number of hydrogen-bond donors (Lipinski definition) is 0. The second kappa shape index (κ2) is 6.96. The van der Waals surface area contributed by atoms with E-state index in [0.29, 0.717) is 6.54 Å². The van der Waals surface area contributed by atoms with Crippen molar-refractivity contribution in [2.24, 2.45) is 10.9 Å². The highest BCUT2D eigenvalue weighted by atomic mass is 16.5. The number of nitrogens with zero attached hydrogens (tertiary/aromatic N) is 2. The Kier molecular flexibility index (Phi) is 5.51. The first-order chi connectivity index (χ1) is 7.77. The highest BCUT2D eigenvalue weighted by Gasteiger charge is 2.18. The molecule has 1 rings (SSSR count). The summed E-state index contributed by atoms with van der Waals surface area (Å²) in [5.74, 6) is -1.44. The van der Waals surface area contributed by atoms with Crippen molar-refractivity contribution in [1.29, 1.82) is 5.26 Å². The zero-order valence-electron chi connectivity index (χ0n) is 9.39. The van der Waals surface area contributed by atoms with Crippen LogP contribution in [0.1, 0.15) is 19.8 Å². The Balaban J connectivity index is 2.34. The maximum atomic E-state index is 11.2. The summed E-state index contributed by atoms with van der Waals surface area (Å²) < 4.78 is 10.1. The van der Waals surface area contributed by atoms with Crippen molar-refractivity contribution in [3.8, 4) is 6.07 Å². The van der Waals surface area contributed by atoms with Gasteiger partial charge in [0.15, 0.2) is 5.92 Å². The van der Waals surface area contributed by atoms with Crippen molar-refractivity contribution in [2.75, 3.05) is 19.8 Å². The Labute approximate surface area is 95.1 Å². The minimum atomic E-state index is -0.902. The van der Waals surface area contributed by atoms with Crippen molar-refractivity contribution in [2.45, 2.75) is 25.9 Å². The van der Waals surface area contributed by atoms with Gasteiger partial charge in [-0.15, -0.1) is 0 Å². The van der Waals surface area contributed by atoms with Crippen LogP contribution < -0.4 is 0 Å². The van der Waals surface area contributed by atoms with Crippen LogP contribution in [-0.2, 0) is 14.3 Å². The molecule has 1 aliphatic heterocycles. The lowest BCUT2D eigenvalue weighted by Gasteiger charge is -2.05. The fraction of sp³-hybridized carbons (Fsp3) is 0.727. The first kappa shape index (κ1) is 12.7. The van der Waals surface area contributed by atoms with Crippen LogP contribution in [0.2, 0.25) is 0 Å². The van der Waals surface area contributed by atoms with Crippen molar-refractivity contribution in [3.05, 3.63) is 0 Å². The van der Waals surface area contributed by atoms with Crippen LogP contribution in [0, 0.1) is 17.2 Å². The van der Waals surface area contributed by atoms with E-state index in [-0.39, 0.29) is 12.7 Å². The molecule has 1 heterocycles. The number of ether oxygens (including phenoxy) is 2. The largest absolute Gasteiger partial charge is 0.465 e. The lowest BCUT2D eigenvalue weighted by Crippen LogP contribution is -2.18. The summed E-state index contributed by atoms with van der Waals surface area (Å²) in [5, 5.41) is 8.74. The molecule has 0 aromatic heterocycles. The smallest absolute Gasteiger partial charge is 0.328 e. The summed E-state index contributed by atoms with van der Waals surface area (Å²) in [7, 11) is 0. The van der Waals surface area contributed by atoms with Gasteiger partial charge in [0, 0.05) is 12.8 Å². The van der Waals surface area contributed by atoms with Gasteiger partial charge in [0.25, 0.3) is 0 Å². The molecule has 0 aromatic carbocycles. The summed E-state index contributed by atoms with van der Waals surface area (Å²) in [6, 6.07) is 1.85. The fourth-order valence-corrected chi connectivity index (χ4v) is 1.45. The van der Waals surface area contributed by atoms with E-state index in [4.69, 9.17) is 14.7 Å². The molecule has 0 N–H and O–H groups in total. The van der Waals surface area contributed by atoms with Crippen molar-refractivity contribution >= 4 is 12.2 Å². The molecule has 16 heavy (non-hydrogen) atoms. The highest BCUT2D eigenvalue weighted by molar-refractivity contribution is 5.92. The zero-order valence-corrected chi connectivity index (χ0v) is 9.39. The molecule has 0 amide bonds. The monoisotopic (exact) mass is 224 g/mol. The van der Waals surface area contributed by atoms with Crippen molar-refractivity contribution in [1.82, 2.24) is 0 Å². The maximum absolute atomic E-state index is 11.2. The molecule has 2 atom stereocenters. The van der Waals surface area contributed by atoms with Crippen molar-refractivity contribution < 1.29 is 14.3 Å². The second-order valence-electron chi connectivity index (χ2n) is 3.51. The second-order valence-corrected chi connectivity index (χ2v) is 3.51. The molecule has 1 saturated heterocycles. The summed E-state index contributed by atoms with van der Waals surface area (Å²) >= 11 is 0. The van der Waals surface area contributed by atoms with Crippen LogP contribution in [0.4, 0.5) is 0 Å². The van der Waals surface area contributed by atoms with E-state index in [1.54, 1.807) is 6.92 Å². The van der Waals surface area contributed by atoms with Gasteiger partial charge in [-0.05, 0) is 19.8 Å². The predicted molar refractivity (Wildman–Crippen MR) is 58.1 cm³/mol. The molecular formula is C11H16N2O3. The van der Waals surface area contributed by atoms with Gasteiger partial charge < -0.3 is 9.47 Å². The van der Waals surface area contributed by atoms with E-state index >= 15 is 0 Å². The van der Waals surface area contributed by atoms with E-state index < -0.39 is 11.9 Å². The minimum absolute atomic E-state index is 0.137. The highest BCUT2D eigenvalue weighted by Crippen LogP contribution is 2.11. The molecule has 5 heteroatoms. The van der Waals surface area contributed by atoms with E-state index in [1.807, 2.05) is 6.07 Å². The number of hydrogen-bond acceptors (Lipinski definition) is 5. The fourth-order valence-electron chi connectivity index (χ4n) is 1.45. The molecule has 1 aliphatic rings. The Bertz CT molecular complexity index is 290. The molecule has 0 aliphatic carbocycles. The Morgan fingerprint density at radius 2 is 2.62 bits per heavy atom. The van der Waals surface area contributed by atoms with Crippen LogP contribution in [0.25, 0.3) is 0 Å². The normalized spacial score (nSPS) is 21.9. The molecular weight excluding hydrogens is 208 g/mol. The van der Waals surface area contributed by atoms with Crippen LogP contribution in [0.5, 0.6) is 0 Å². The number of nitriles is 1. The van der Waals surface area contributed by atoms with Crippen LogP contribution in [0.3, 0.4) is 0 Å². The SMILES string of the molecule is CCOC(=O)[C@H](C#N)C=NC[C@@H]1CCCO1. The average molecular weight is 224 g/mol. The van der Waals surface area contributed by atoms with Gasteiger partial charge in [-0.25, -0.2) is 0 Å². The number of aliphatic imine (C=N–C) groups is 1. The van der Waals surface area contributed by atoms with Gasteiger partial charge in [-0.2, -0.15) is 5.26 Å². The molecule has 0 saturated carbocycles. The van der Waals surface area contributed by atoms with Gasteiger partial charge in [0.05, 0.1) is 25.3 Å². The van der Waals surface area contributed by atoms with Gasteiger partial charge in [0.2, 0.25) is 0 Å². The van der Waals surface area contributed by atoms with Crippen LogP contribution >= 0.6 is 0 Å². The molecule has 0 spiro atoms. The standard InChI is InChI=1S/C11H16N2O3/c1-2-15-11(14)9(6-12)7-13-8-10-4-3-5-16-10/h7,9-10H,2-5,8H2,1H3/t9-,10+/m1/s1. The lowest BCUT2D eigenvalue weighted by molar-refractivity contribution is -0.143. The first-order valence-corrected chi connectivity index (χ1v) is 5.45. The summed E-state index contributed by atoms with van der Waals surface area (Å²) in [5.41, 5.74) is 0. The van der Waals surface area contributed by atoms with E-state index in [0.717, 1.165) is 19.4 Å². The Morgan fingerprint density at radius 1 is 1.81 bits per heavy atom. The molecule has 0 aromatic rings. The van der Waals surface area contributed by atoms with Crippen LogP contribution in [0.15, 0.2) is 4.99 Å². The topological polar surface area (TPSA) is 71.7 Å². The van der Waals surface area contributed by atoms with Crippen molar-refractivity contribution in [3.63, 3.8) is 0 Å². The van der Waals surface area contributed by atoms with E-state index in [9.17, 15) is 4.79 Å². The van der Waals surface area contributed by atoms with Gasteiger partial charge in [0.1, 0.15) is 0 Å². The van der Waals surface area contributed by atoms with E-state index in [2.05, 4.69) is 4.99 Å². The van der Waals surface area contributed by atoms with Gasteiger partial charge >= 0.3 is 5.97 Å². The van der Waals surface area contributed by atoms with Crippen LogP contribution in [-0.4, -0.2) is 38.0 Å². The third-order valence-electron chi connectivity index (χ3n) is 2.27. The minimum Gasteiger partial charge on any atom is -0.465 e. The predicted octanol–water partition coefficient (Wildman–Crippen LogP) is 0.939. The quantitative estimate of drug-likeness (QED) is 0.514. The number of rotatable bonds is 5. The summed E-state index contributed by atoms with van der Waals surface area (Å²) in [4.78, 5) is 15.3. The third-order valence-corrected chi connectivity index (χ3v) is 2.27. The first-order valence-electron chi connectivity index (χ1n) is 5.45. The summed E-state index contributed by atoms with van der Waals surface area (Å²) in [6.07, 6.45) is 3.53. The molecule has 0 unspecified atom stereocenters.